The van der Waals surface area contributed by atoms with Crippen molar-refractivity contribution in [1.29, 1.82) is 0 Å². The Morgan fingerprint density at radius 3 is 2.60 bits per heavy atom. The molecule has 2 aromatic carbocycles. The summed E-state index contributed by atoms with van der Waals surface area (Å²) in [5.74, 6) is 1.12. The van der Waals surface area contributed by atoms with Gasteiger partial charge in [-0.15, -0.1) is 10.2 Å². The normalized spacial score (nSPS) is 13.2. The van der Waals surface area contributed by atoms with Crippen molar-refractivity contribution < 1.29 is 10.0 Å². The van der Waals surface area contributed by atoms with E-state index in [0.717, 1.165) is 11.3 Å². The van der Waals surface area contributed by atoms with Crippen LogP contribution < -0.4 is 0 Å². The van der Waals surface area contributed by atoms with E-state index in [1.165, 1.54) is 23.9 Å². The van der Waals surface area contributed by atoms with Gasteiger partial charge in [0.1, 0.15) is 5.75 Å². The van der Waals surface area contributed by atoms with Gasteiger partial charge in [-0.3, -0.25) is 10.1 Å². The molecular formula is C16H11N5O3S. The lowest BCUT2D eigenvalue weighted by atomic mass is 10.1. The second-order valence-corrected chi connectivity index (χ2v) is 6.22. The number of nitro benzene ring substituents is 1. The number of non-ortho nitro benzene ring substituents is 1. The molecule has 2 heterocycles. The molecule has 8 nitrogen and oxygen atoms in total. The highest BCUT2D eigenvalue weighted by atomic mass is 32.2. The Kier molecular flexibility index (Phi) is 3.69. The van der Waals surface area contributed by atoms with E-state index in [1.807, 2.05) is 0 Å². The molecule has 0 bridgehead atoms. The molecule has 1 aromatic heterocycles. The first-order valence-corrected chi connectivity index (χ1v) is 8.31. The van der Waals surface area contributed by atoms with E-state index < -0.39 is 4.92 Å². The average Bonchev–Trinajstić information content (AvgIpc) is 3.05. The van der Waals surface area contributed by atoms with Gasteiger partial charge < -0.3 is 5.11 Å². The predicted molar refractivity (Wildman–Crippen MR) is 92.9 cm³/mol. The number of benzene rings is 2. The predicted octanol–water partition coefficient (Wildman–Crippen LogP) is 2.92. The number of para-hydroxylation sites is 1. The van der Waals surface area contributed by atoms with Crippen LogP contribution in [-0.4, -0.2) is 36.4 Å². The highest BCUT2D eigenvalue weighted by Crippen LogP contribution is 2.32. The molecule has 0 atom stereocenters. The van der Waals surface area contributed by atoms with E-state index in [-0.39, 0.29) is 11.4 Å². The van der Waals surface area contributed by atoms with Gasteiger partial charge in [0.05, 0.1) is 16.2 Å². The van der Waals surface area contributed by atoms with Crippen LogP contribution >= 0.6 is 11.8 Å². The zero-order chi connectivity index (χ0) is 17.4. The van der Waals surface area contributed by atoms with Gasteiger partial charge in [0, 0.05) is 17.9 Å². The number of aromatic hydroxyl groups is 1. The van der Waals surface area contributed by atoms with Gasteiger partial charge in [-0.25, -0.2) is 0 Å². The van der Waals surface area contributed by atoms with Gasteiger partial charge in [0.2, 0.25) is 5.16 Å². The molecule has 124 valence electrons. The SMILES string of the molecule is O=[N+]([O-])c1ccc(C2=Nn3c(nnc3-c3ccccc3O)SC2)cc1. The van der Waals surface area contributed by atoms with Crippen LogP contribution in [0.4, 0.5) is 5.69 Å². The van der Waals surface area contributed by atoms with Crippen LogP contribution in [0.25, 0.3) is 11.4 Å². The summed E-state index contributed by atoms with van der Waals surface area (Å²) >= 11 is 1.47. The molecule has 0 saturated carbocycles. The second-order valence-electron chi connectivity index (χ2n) is 5.27. The van der Waals surface area contributed by atoms with Crippen molar-refractivity contribution >= 4 is 23.2 Å². The lowest BCUT2D eigenvalue weighted by molar-refractivity contribution is -0.384. The second kappa shape index (κ2) is 6.02. The standard InChI is InChI=1S/C16H11N5O3S/c22-14-4-2-1-3-12(14)15-17-18-16-20(15)19-13(9-25-16)10-5-7-11(8-6-10)21(23)24/h1-8,22H,9H2. The number of nitro groups is 1. The summed E-state index contributed by atoms with van der Waals surface area (Å²) in [5, 5.41) is 34.3. The number of nitrogens with zero attached hydrogens (tertiary/aromatic N) is 5. The lowest BCUT2D eigenvalue weighted by Crippen LogP contribution is -2.13. The summed E-state index contributed by atoms with van der Waals surface area (Å²) in [6.45, 7) is 0. The molecule has 0 radical (unpaired) electrons. The number of rotatable bonds is 3. The fourth-order valence-electron chi connectivity index (χ4n) is 2.48. The summed E-state index contributed by atoms with van der Waals surface area (Å²) in [6.07, 6.45) is 0. The molecule has 1 aliphatic rings. The third-order valence-electron chi connectivity index (χ3n) is 3.73. The van der Waals surface area contributed by atoms with E-state index in [4.69, 9.17) is 0 Å². The van der Waals surface area contributed by atoms with Crippen molar-refractivity contribution in [3.05, 3.63) is 64.2 Å². The zero-order valence-electron chi connectivity index (χ0n) is 12.7. The Labute approximate surface area is 146 Å². The molecule has 0 amide bonds. The monoisotopic (exact) mass is 353 g/mol. The molecule has 1 N–H and O–H groups in total. The van der Waals surface area contributed by atoms with Gasteiger partial charge in [-0.05, 0) is 29.8 Å². The summed E-state index contributed by atoms with van der Waals surface area (Å²) in [4.78, 5) is 10.3. The molecule has 0 aliphatic carbocycles. The summed E-state index contributed by atoms with van der Waals surface area (Å²) < 4.78 is 1.58. The number of hydrogen-bond donors (Lipinski definition) is 1. The number of phenolic OH excluding ortho intramolecular Hbond substituents is 1. The van der Waals surface area contributed by atoms with Crippen molar-refractivity contribution in [2.24, 2.45) is 5.10 Å². The van der Waals surface area contributed by atoms with Crippen LogP contribution in [0.2, 0.25) is 0 Å². The number of aromatic nitrogens is 3. The van der Waals surface area contributed by atoms with E-state index in [9.17, 15) is 15.2 Å². The molecule has 4 rings (SSSR count). The summed E-state index contributed by atoms with van der Waals surface area (Å²) in [5.41, 5.74) is 2.12. The summed E-state index contributed by atoms with van der Waals surface area (Å²) in [6, 6.07) is 13.1. The number of hydrogen-bond acceptors (Lipinski definition) is 7. The molecule has 0 spiro atoms. The molecule has 1 aliphatic heterocycles. The quantitative estimate of drug-likeness (QED) is 0.573. The Hall–Kier alpha value is -3.20. The van der Waals surface area contributed by atoms with Gasteiger partial charge >= 0.3 is 0 Å². The smallest absolute Gasteiger partial charge is 0.269 e. The minimum Gasteiger partial charge on any atom is -0.507 e. The van der Waals surface area contributed by atoms with Crippen LogP contribution in [0.3, 0.4) is 0 Å². The minimum atomic E-state index is -0.435. The highest BCUT2D eigenvalue weighted by Gasteiger charge is 2.22. The Morgan fingerprint density at radius 2 is 1.88 bits per heavy atom. The molecule has 0 fully saturated rings. The molecule has 9 heteroatoms. The first-order valence-electron chi connectivity index (χ1n) is 7.33. The van der Waals surface area contributed by atoms with E-state index >= 15 is 0 Å². The topological polar surface area (TPSA) is 106 Å². The molecule has 25 heavy (non-hydrogen) atoms. The van der Waals surface area contributed by atoms with Gasteiger partial charge in [0.15, 0.2) is 5.82 Å². The maximum atomic E-state index is 10.8. The number of thioether (sulfide) groups is 1. The number of phenols is 1. The van der Waals surface area contributed by atoms with Crippen LogP contribution in [0, 0.1) is 10.1 Å². The van der Waals surface area contributed by atoms with Crippen LogP contribution in [-0.2, 0) is 0 Å². The largest absolute Gasteiger partial charge is 0.507 e. The Balaban J connectivity index is 1.76. The van der Waals surface area contributed by atoms with Gasteiger partial charge in [-0.2, -0.15) is 9.78 Å². The van der Waals surface area contributed by atoms with E-state index in [1.54, 1.807) is 41.1 Å². The van der Waals surface area contributed by atoms with Crippen molar-refractivity contribution in [3.63, 3.8) is 0 Å². The fourth-order valence-corrected chi connectivity index (χ4v) is 3.31. The first-order chi connectivity index (χ1) is 12.1. The molecule has 0 unspecified atom stereocenters. The molecular weight excluding hydrogens is 342 g/mol. The van der Waals surface area contributed by atoms with Gasteiger partial charge in [-0.1, -0.05) is 23.9 Å². The third kappa shape index (κ3) is 2.74. The zero-order valence-corrected chi connectivity index (χ0v) is 13.6. The Bertz CT molecular complexity index is 997. The minimum absolute atomic E-state index is 0.0349. The van der Waals surface area contributed by atoms with E-state index in [2.05, 4.69) is 15.3 Å². The van der Waals surface area contributed by atoms with Crippen LogP contribution in [0.5, 0.6) is 5.75 Å². The van der Waals surface area contributed by atoms with Crippen molar-refractivity contribution in [1.82, 2.24) is 14.9 Å². The van der Waals surface area contributed by atoms with Crippen molar-refractivity contribution in [3.8, 4) is 17.1 Å². The Morgan fingerprint density at radius 1 is 1.12 bits per heavy atom. The van der Waals surface area contributed by atoms with Crippen LogP contribution in [0.1, 0.15) is 5.56 Å². The van der Waals surface area contributed by atoms with Gasteiger partial charge in [0.25, 0.3) is 5.69 Å². The lowest BCUT2D eigenvalue weighted by Gasteiger charge is -2.14. The maximum absolute atomic E-state index is 10.8. The molecule has 0 saturated heterocycles. The summed E-state index contributed by atoms with van der Waals surface area (Å²) in [7, 11) is 0. The maximum Gasteiger partial charge on any atom is 0.269 e. The van der Waals surface area contributed by atoms with E-state index in [0.29, 0.717) is 22.3 Å². The highest BCUT2D eigenvalue weighted by molar-refractivity contribution is 7.99. The third-order valence-corrected chi connectivity index (χ3v) is 4.66. The van der Waals surface area contributed by atoms with Crippen molar-refractivity contribution in [2.75, 3.05) is 5.75 Å². The van der Waals surface area contributed by atoms with Crippen molar-refractivity contribution in [2.45, 2.75) is 5.16 Å². The molecule has 3 aromatic rings. The number of fused-ring (bicyclic) bond motifs is 1. The average molecular weight is 353 g/mol. The first kappa shape index (κ1) is 15.3. The fraction of sp³-hybridized carbons (Fsp3) is 0.0625. The van der Waals surface area contributed by atoms with Crippen LogP contribution in [0.15, 0.2) is 58.8 Å².